The summed E-state index contributed by atoms with van der Waals surface area (Å²) in [5, 5.41) is 5.54. The smallest absolute Gasteiger partial charge is 0.409 e. The van der Waals surface area contributed by atoms with Crippen LogP contribution in [0.5, 0.6) is 5.75 Å². The second kappa shape index (κ2) is 7.79. The lowest BCUT2D eigenvalue weighted by molar-refractivity contribution is 0.0788. The third kappa shape index (κ3) is 3.68. The van der Waals surface area contributed by atoms with Gasteiger partial charge in [-0.1, -0.05) is 35.9 Å². The van der Waals surface area contributed by atoms with Crippen LogP contribution in [-0.4, -0.2) is 48.1 Å². The molecule has 0 fully saturated rings. The van der Waals surface area contributed by atoms with Gasteiger partial charge in [0.1, 0.15) is 17.5 Å². The minimum absolute atomic E-state index is 0.222. The zero-order valence-corrected chi connectivity index (χ0v) is 17.3. The van der Waals surface area contributed by atoms with Crippen LogP contribution >= 0.6 is 11.6 Å². The lowest BCUT2D eigenvalue weighted by atomic mass is 10.1. The summed E-state index contributed by atoms with van der Waals surface area (Å²) in [6, 6.07) is 15.5. The van der Waals surface area contributed by atoms with Crippen LogP contribution in [0.25, 0.3) is 16.9 Å². The summed E-state index contributed by atoms with van der Waals surface area (Å²) >= 11 is 6.10. The number of ether oxygens (including phenoxy) is 2. The molecular formula is C22H22ClN3O3. The molecule has 1 aromatic heterocycles. The number of hydrogen-bond acceptors (Lipinski definition) is 4. The quantitative estimate of drug-likeness (QED) is 0.639. The van der Waals surface area contributed by atoms with Crippen molar-refractivity contribution in [1.82, 2.24) is 14.7 Å². The van der Waals surface area contributed by atoms with E-state index in [1.54, 1.807) is 21.2 Å². The Hall–Kier alpha value is -2.99. The summed E-state index contributed by atoms with van der Waals surface area (Å²) < 4.78 is 13.1. The van der Waals surface area contributed by atoms with E-state index in [9.17, 15) is 4.79 Å². The summed E-state index contributed by atoms with van der Waals surface area (Å²) in [7, 11) is 5.00. The number of halogens is 1. The van der Waals surface area contributed by atoms with Crippen molar-refractivity contribution in [3.63, 3.8) is 0 Å². The highest BCUT2D eigenvalue weighted by atomic mass is 35.5. The van der Waals surface area contributed by atoms with E-state index in [0.717, 1.165) is 34.0 Å². The largest absolute Gasteiger partial charge is 0.494 e. The number of aromatic nitrogens is 2. The molecule has 1 unspecified atom stereocenters. The van der Waals surface area contributed by atoms with Gasteiger partial charge in [-0.3, -0.25) is 0 Å². The fraction of sp³-hybridized carbons (Fsp3) is 0.273. The summed E-state index contributed by atoms with van der Waals surface area (Å²) in [5.41, 5.74) is 4.82. The first-order chi connectivity index (χ1) is 14.0. The zero-order valence-electron chi connectivity index (χ0n) is 16.6. The van der Waals surface area contributed by atoms with E-state index < -0.39 is 0 Å². The fourth-order valence-corrected chi connectivity index (χ4v) is 3.73. The Morgan fingerprint density at radius 1 is 1.14 bits per heavy atom. The van der Waals surface area contributed by atoms with Crippen molar-refractivity contribution in [3.8, 4) is 22.7 Å². The first-order valence-corrected chi connectivity index (χ1v) is 9.73. The standard InChI is InChI=1S/C22H22ClN3O3/c1-25(2)22(27)29-16-12-17-18(13-16)24-26(19-6-4-5-7-20(19)28-3)21(17)14-8-10-15(23)11-9-14/h4-11,16H,12-13H2,1-3H3. The van der Waals surface area contributed by atoms with Gasteiger partial charge in [0.15, 0.2) is 0 Å². The van der Waals surface area contributed by atoms with Gasteiger partial charge in [0, 0.05) is 43.1 Å². The summed E-state index contributed by atoms with van der Waals surface area (Å²) in [6.07, 6.45) is 0.631. The zero-order chi connectivity index (χ0) is 20.5. The number of rotatable bonds is 4. The Labute approximate surface area is 174 Å². The molecule has 7 heteroatoms. The molecule has 0 spiro atoms. The topological polar surface area (TPSA) is 56.6 Å². The number of carbonyl (C=O) groups excluding carboxylic acids is 1. The monoisotopic (exact) mass is 411 g/mol. The van der Waals surface area contributed by atoms with Gasteiger partial charge in [-0.25, -0.2) is 9.48 Å². The molecule has 2 aromatic carbocycles. The second-order valence-electron chi connectivity index (χ2n) is 7.17. The average molecular weight is 412 g/mol. The Kier molecular flexibility index (Phi) is 5.20. The van der Waals surface area contributed by atoms with Crippen LogP contribution in [0.3, 0.4) is 0 Å². The maximum atomic E-state index is 12.0. The average Bonchev–Trinajstić information content (AvgIpc) is 3.25. The molecule has 1 heterocycles. The summed E-state index contributed by atoms with van der Waals surface area (Å²) in [5.74, 6) is 0.736. The summed E-state index contributed by atoms with van der Waals surface area (Å²) in [4.78, 5) is 13.4. The Bertz CT molecular complexity index is 1040. The molecule has 0 bridgehead atoms. The van der Waals surface area contributed by atoms with Crippen molar-refractivity contribution in [1.29, 1.82) is 0 Å². The molecule has 1 atom stereocenters. The van der Waals surface area contributed by atoms with Gasteiger partial charge in [-0.05, 0) is 24.3 Å². The number of hydrogen-bond donors (Lipinski definition) is 0. The molecule has 29 heavy (non-hydrogen) atoms. The number of carbonyl (C=O) groups is 1. The minimum atomic E-state index is -0.342. The maximum Gasteiger partial charge on any atom is 0.409 e. The number of benzene rings is 2. The number of nitrogens with zero attached hydrogens (tertiary/aromatic N) is 3. The molecule has 0 aliphatic heterocycles. The molecule has 0 radical (unpaired) electrons. The molecule has 1 aliphatic rings. The molecule has 0 N–H and O–H groups in total. The highest BCUT2D eigenvalue weighted by Crippen LogP contribution is 2.37. The predicted octanol–water partition coefficient (Wildman–Crippen LogP) is 4.37. The number of fused-ring (bicyclic) bond motifs is 1. The van der Waals surface area contributed by atoms with Crippen molar-refractivity contribution in [2.75, 3.05) is 21.2 Å². The molecular weight excluding hydrogens is 390 g/mol. The minimum Gasteiger partial charge on any atom is -0.494 e. The molecule has 0 saturated heterocycles. The van der Waals surface area contributed by atoms with Gasteiger partial charge in [0.2, 0.25) is 0 Å². The third-order valence-electron chi connectivity index (χ3n) is 4.98. The van der Waals surface area contributed by atoms with E-state index in [1.165, 1.54) is 4.90 Å². The molecule has 1 aliphatic carbocycles. The fourth-order valence-electron chi connectivity index (χ4n) is 3.60. The Balaban J connectivity index is 1.79. The Morgan fingerprint density at radius 3 is 2.55 bits per heavy atom. The maximum absolute atomic E-state index is 12.0. The number of para-hydroxylation sites is 2. The van der Waals surface area contributed by atoms with Crippen LogP contribution in [0.15, 0.2) is 48.5 Å². The van der Waals surface area contributed by atoms with Crippen molar-refractivity contribution in [2.24, 2.45) is 0 Å². The van der Waals surface area contributed by atoms with Gasteiger partial charge in [0.25, 0.3) is 0 Å². The van der Waals surface area contributed by atoms with Crippen molar-refractivity contribution < 1.29 is 14.3 Å². The predicted molar refractivity (Wildman–Crippen MR) is 112 cm³/mol. The van der Waals surface area contributed by atoms with Crippen LogP contribution in [-0.2, 0) is 17.6 Å². The van der Waals surface area contributed by atoms with Gasteiger partial charge in [-0.2, -0.15) is 5.10 Å². The van der Waals surface area contributed by atoms with Crippen LogP contribution in [0.1, 0.15) is 11.3 Å². The normalized spacial score (nSPS) is 15.1. The number of methoxy groups -OCH3 is 1. The van der Waals surface area contributed by atoms with Crippen LogP contribution < -0.4 is 4.74 Å². The lowest BCUT2D eigenvalue weighted by Crippen LogP contribution is -2.28. The molecule has 3 aromatic rings. The van der Waals surface area contributed by atoms with Crippen LogP contribution in [0.4, 0.5) is 4.79 Å². The van der Waals surface area contributed by atoms with Gasteiger partial charge in [0.05, 0.1) is 18.5 Å². The van der Waals surface area contributed by atoms with E-state index in [0.29, 0.717) is 17.9 Å². The highest BCUT2D eigenvalue weighted by molar-refractivity contribution is 6.30. The van der Waals surface area contributed by atoms with Crippen molar-refractivity contribution in [3.05, 3.63) is 64.8 Å². The van der Waals surface area contributed by atoms with Crippen LogP contribution in [0.2, 0.25) is 5.02 Å². The number of amides is 1. The SMILES string of the molecule is COc1ccccc1-n1nc2c(c1-c1ccc(Cl)cc1)CC(OC(=O)N(C)C)C2. The van der Waals surface area contributed by atoms with Crippen molar-refractivity contribution >= 4 is 17.7 Å². The van der Waals surface area contributed by atoms with E-state index in [1.807, 2.05) is 53.2 Å². The van der Waals surface area contributed by atoms with Crippen molar-refractivity contribution in [2.45, 2.75) is 18.9 Å². The Morgan fingerprint density at radius 2 is 1.86 bits per heavy atom. The van der Waals surface area contributed by atoms with E-state index in [2.05, 4.69) is 0 Å². The first kappa shape index (κ1) is 19.3. The third-order valence-corrected chi connectivity index (χ3v) is 5.24. The molecule has 6 nitrogen and oxygen atoms in total. The molecule has 150 valence electrons. The van der Waals surface area contributed by atoms with E-state index in [-0.39, 0.29) is 12.2 Å². The van der Waals surface area contributed by atoms with Gasteiger partial charge < -0.3 is 14.4 Å². The van der Waals surface area contributed by atoms with Gasteiger partial charge in [-0.15, -0.1) is 0 Å². The first-order valence-electron chi connectivity index (χ1n) is 9.36. The van der Waals surface area contributed by atoms with E-state index in [4.69, 9.17) is 26.2 Å². The van der Waals surface area contributed by atoms with E-state index >= 15 is 0 Å². The highest BCUT2D eigenvalue weighted by Gasteiger charge is 2.33. The van der Waals surface area contributed by atoms with Gasteiger partial charge >= 0.3 is 6.09 Å². The lowest BCUT2D eigenvalue weighted by Gasteiger charge is -2.17. The van der Waals surface area contributed by atoms with Crippen LogP contribution in [0, 0.1) is 0 Å². The molecule has 4 rings (SSSR count). The molecule has 0 saturated carbocycles. The molecule has 1 amide bonds. The summed E-state index contributed by atoms with van der Waals surface area (Å²) in [6.45, 7) is 0. The second-order valence-corrected chi connectivity index (χ2v) is 7.61.